The van der Waals surface area contributed by atoms with Gasteiger partial charge in [0, 0.05) is 19.7 Å². The number of hydrogen-bond acceptors (Lipinski definition) is 4. The molecular formula is C23H49NO3. The van der Waals surface area contributed by atoms with Gasteiger partial charge in [-0.25, -0.2) is 0 Å². The Morgan fingerprint density at radius 1 is 0.852 bits per heavy atom. The molecule has 0 aliphatic rings. The van der Waals surface area contributed by atoms with E-state index in [1.54, 1.807) is 0 Å². The van der Waals surface area contributed by atoms with Crippen LogP contribution < -0.4 is 0 Å². The van der Waals surface area contributed by atoms with Crippen LogP contribution in [0.2, 0.25) is 0 Å². The molecule has 0 aromatic heterocycles. The topological polar surface area (TPSA) is 52.9 Å². The molecule has 27 heavy (non-hydrogen) atoms. The fourth-order valence-corrected chi connectivity index (χ4v) is 3.53. The van der Waals surface area contributed by atoms with E-state index >= 15 is 0 Å². The minimum atomic E-state index is -0.462. The van der Waals surface area contributed by atoms with Gasteiger partial charge in [0.2, 0.25) is 0 Å². The lowest BCUT2D eigenvalue weighted by Crippen LogP contribution is -2.33. The van der Waals surface area contributed by atoms with Gasteiger partial charge in [0.15, 0.2) is 0 Å². The number of aliphatic hydroxyl groups is 2. The zero-order valence-electron chi connectivity index (χ0n) is 18.6. The normalized spacial score (nSPS) is 14.0. The fourth-order valence-electron chi connectivity index (χ4n) is 3.53. The largest absolute Gasteiger partial charge is 0.395 e. The molecule has 0 saturated carbocycles. The third-order valence-electron chi connectivity index (χ3n) is 5.35. The van der Waals surface area contributed by atoms with Gasteiger partial charge in [-0.15, -0.1) is 0 Å². The number of hydrogen-bond donors (Lipinski definition) is 2. The van der Waals surface area contributed by atoms with E-state index < -0.39 is 6.10 Å². The summed E-state index contributed by atoms with van der Waals surface area (Å²) >= 11 is 0. The number of aliphatic hydroxyl groups excluding tert-OH is 2. The Morgan fingerprint density at radius 3 is 2.00 bits per heavy atom. The molecule has 2 atom stereocenters. The van der Waals surface area contributed by atoms with Crippen molar-refractivity contribution < 1.29 is 14.9 Å². The van der Waals surface area contributed by atoms with Crippen molar-refractivity contribution in [2.75, 3.05) is 40.0 Å². The highest BCUT2D eigenvalue weighted by Gasteiger charge is 2.07. The maximum absolute atomic E-state index is 9.83. The summed E-state index contributed by atoms with van der Waals surface area (Å²) in [4.78, 5) is 1.92. The molecule has 0 aliphatic heterocycles. The number of rotatable bonds is 21. The average Bonchev–Trinajstić information content (AvgIpc) is 2.63. The number of ether oxygens (including phenoxy) is 1. The predicted molar refractivity (Wildman–Crippen MR) is 116 cm³/mol. The molecule has 4 nitrogen and oxygen atoms in total. The fraction of sp³-hybridized carbons (Fsp3) is 1.00. The van der Waals surface area contributed by atoms with E-state index in [1.165, 1.54) is 77.0 Å². The van der Waals surface area contributed by atoms with E-state index in [0.29, 0.717) is 19.7 Å². The van der Waals surface area contributed by atoms with Crippen LogP contribution in [-0.4, -0.2) is 61.2 Å². The summed E-state index contributed by atoms with van der Waals surface area (Å²) in [6.07, 6.45) is 17.1. The van der Waals surface area contributed by atoms with Crippen LogP contribution in [0, 0.1) is 5.92 Å². The molecule has 2 unspecified atom stereocenters. The SMILES string of the molecule is CCCCC(C)CCCCCCCCCCCOCC(O)CN(C)CCO. The summed E-state index contributed by atoms with van der Waals surface area (Å²) in [6.45, 7) is 7.11. The molecule has 0 saturated heterocycles. The molecule has 0 fully saturated rings. The molecule has 0 spiro atoms. The van der Waals surface area contributed by atoms with E-state index in [9.17, 15) is 5.11 Å². The van der Waals surface area contributed by atoms with Crippen LogP contribution in [0.3, 0.4) is 0 Å². The standard InChI is InChI=1S/C23H49NO3/c1-4-5-15-22(2)16-13-11-9-7-6-8-10-12-14-19-27-21-23(26)20-24(3)17-18-25/h22-23,25-26H,4-21H2,1-3H3. The molecular weight excluding hydrogens is 338 g/mol. The molecule has 164 valence electrons. The van der Waals surface area contributed by atoms with Crippen LogP contribution >= 0.6 is 0 Å². The minimum absolute atomic E-state index is 0.127. The van der Waals surface area contributed by atoms with Crippen molar-refractivity contribution in [1.29, 1.82) is 0 Å². The van der Waals surface area contributed by atoms with E-state index in [4.69, 9.17) is 9.84 Å². The van der Waals surface area contributed by atoms with Crippen molar-refractivity contribution >= 4 is 0 Å². The van der Waals surface area contributed by atoms with Crippen molar-refractivity contribution in [2.45, 2.75) is 103 Å². The van der Waals surface area contributed by atoms with Crippen molar-refractivity contribution in [1.82, 2.24) is 4.90 Å². The first-order chi connectivity index (χ1) is 13.1. The van der Waals surface area contributed by atoms with Crippen LogP contribution in [0.15, 0.2) is 0 Å². The van der Waals surface area contributed by atoms with E-state index in [0.717, 1.165) is 18.9 Å². The second kappa shape index (κ2) is 20.6. The molecule has 0 radical (unpaired) electrons. The van der Waals surface area contributed by atoms with Crippen molar-refractivity contribution in [2.24, 2.45) is 5.92 Å². The Kier molecular flexibility index (Phi) is 20.4. The summed E-state index contributed by atoms with van der Waals surface area (Å²) in [5, 5.41) is 18.7. The van der Waals surface area contributed by atoms with Crippen LogP contribution in [0.5, 0.6) is 0 Å². The molecule has 0 aromatic carbocycles. The quantitative estimate of drug-likeness (QED) is 0.272. The van der Waals surface area contributed by atoms with Gasteiger partial charge in [0.05, 0.1) is 19.3 Å². The lowest BCUT2D eigenvalue weighted by Gasteiger charge is -2.19. The second-order valence-electron chi connectivity index (χ2n) is 8.43. The van der Waals surface area contributed by atoms with Crippen LogP contribution in [0.4, 0.5) is 0 Å². The Hall–Kier alpha value is -0.160. The monoisotopic (exact) mass is 387 g/mol. The molecule has 0 aliphatic carbocycles. The number of likely N-dealkylation sites (N-methyl/N-ethyl adjacent to an activating group) is 1. The first-order valence-corrected chi connectivity index (χ1v) is 11.6. The number of unbranched alkanes of at least 4 members (excludes halogenated alkanes) is 9. The van der Waals surface area contributed by atoms with Gasteiger partial charge in [-0.05, 0) is 19.4 Å². The average molecular weight is 388 g/mol. The highest BCUT2D eigenvalue weighted by molar-refractivity contribution is 4.60. The van der Waals surface area contributed by atoms with Gasteiger partial charge in [-0.2, -0.15) is 0 Å². The summed E-state index contributed by atoms with van der Waals surface area (Å²) < 4.78 is 5.55. The zero-order valence-corrected chi connectivity index (χ0v) is 18.6. The van der Waals surface area contributed by atoms with E-state index in [1.807, 2.05) is 11.9 Å². The van der Waals surface area contributed by atoms with Crippen LogP contribution in [-0.2, 0) is 4.74 Å². The second-order valence-corrected chi connectivity index (χ2v) is 8.43. The third-order valence-corrected chi connectivity index (χ3v) is 5.35. The molecule has 0 aromatic rings. The van der Waals surface area contributed by atoms with Gasteiger partial charge >= 0.3 is 0 Å². The minimum Gasteiger partial charge on any atom is -0.395 e. The predicted octanol–water partition coefficient (Wildman–Crippen LogP) is 5.02. The molecule has 0 rings (SSSR count). The van der Waals surface area contributed by atoms with Crippen molar-refractivity contribution in [3.8, 4) is 0 Å². The smallest absolute Gasteiger partial charge is 0.0900 e. The van der Waals surface area contributed by atoms with Gasteiger partial charge in [0.1, 0.15) is 0 Å². The van der Waals surface area contributed by atoms with E-state index in [2.05, 4.69) is 13.8 Å². The lowest BCUT2D eigenvalue weighted by atomic mass is 9.97. The van der Waals surface area contributed by atoms with Gasteiger partial charge in [-0.1, -0.05) is 90.9 Å². The summed E-state index contributed by atoms with van der Waals surface area (Å²) in [5.74, 6) is 0.926. The zero-order chi connectivity index (χ0) is 20.2. The summed E-state index contributed by atoms with van der Waals surface area (Å²) in [6, 6.07) is 0. The Labute approximate surface area is 169 Å². The maximum atomic E-state index is 9.83. The van der Waals surface area contributed by atoms with Crippen LogP contribution in [0.25, 0.3) is 0 Å². The van der Waals surface area contributed by atoms with Gasteiger partial charge in [0.25, 0.3) is 0 Å². The summed E-state index contributed by atoms with van der Waals surface area (Å²) in [7, 11) is 1.90. The molecule has 0 amide bonds. The first kappa shape index (κ1) is 26.8. The Morgan fingerprint density at radius 2 is 1.41 bits per heavy atom. The van der Waals surface area contributed by atoms with Crippen molar-refractivity contribution in [3.63, 3.8) is 0 Å². The first-order valence-electron chi connectivity index (χ1n) is 11.6. The molecule has 0 bridgehead atoms. The van der Waals surface area contributed by atoms with Gasteiger partial charge in [-0.3, -0.25) is 0 Å². The molecule has 4 heteroatoms. The van der Waals surface area contributed by atoms with Crippen molar-refractivity contribution in [3.05, 3.63) is 0 Å². The third kappa shape index (κ3) is 20.4. The van der Waals surface area contributed by atoms with Gasteiger partial charge < -0.3 is 19.8 Å². The number of nitrogens with zero attached hydrogens (tertiary/aromatic N) is 1. The molecule has 2 N–H and O–H groups in total. The highest BCUT2D eigenvalue weighted by atomic mass is 16.5. The lowest BCUT2D eigenvalue weighted by molar-refractivity contribution is 0.0176. The Bertz CT molecular complexity index is 289. The van der Waals surface area contributed by atoms with E-state index in [-0.39, 0.29) is 6.61 Å². The maximum Gasteiger partial charge on any atom is 0.0900 e. The molecule has 0 heterocycles. The summed E-state index contributed by atoms with van der Waals surface area (Å²) in [5.41, 5.74) is 0. The highest BCUT2D eigenvalue weighted by Crippen LogP contribution is 2.17. The van der Waals surface area contributed by atoms with Crippen LogP contribution in [0.1, 0.15) is 97.3 Å². The Balaban J connectivity index is 3.21.